The van der Waals surface area contributed by atoms with Gasteiger partial charge in [-0.25, -0.2) is 4.39 Å². The Morgan fingerprint density at radius 3 is 2.94 bits per heavy atom. The Hall–Kier alpha value is -1.42. The van der Waals surface area contributed by atoms with E-state index in [9.17, 15) is 9.18 Å². The minimum absolute atomic E-state index is 0.104. The van der Waals surface area contributed by atoms with E-state index >= 15 is 0 Å². The molecule has 2 rings (SSSR count). The molecular weight excluding hydrogens is 233 g/mol. The zero-order valence-corrected chi connectivity index (χ0v) is 10.7. The van der Waals surface area contributed by atoms with Crippen LogP contribution in [0.3, 0.4) is 0 Å². The third-order valence-corrected chi connectivity index (χ3v) is 3.43. The topological polar surface area (TPSA) is 38.3 Å². The minimum Gasteiger partial charge on any atom is -0.378 e. The van der Waals surface area contributed by atoms with Crippen molar-refractivity contribution in [3.8, 4) is 0 Å². The normalized spacial score (nSPS) is 23.1. The van der Waals surface area contributed by atoms with E-state index in [1.165, 1.54) is 12.1 Å². The smallest absolute Gasteiger partial charge is 0.254 e. The lowest BCUT2D eigenvalue weighted by Gasteiger charge is -2.14. The number of amides is 1. The number of hydrogen-bond acceptors (Lipinski definition) is 2. The molecule has 1 amide bonds. The van der Waals surface area contributed by atoms with Crippen molar-refractivity contribution >= 4 is 5.91 Å². The van der Waals surface area contributed by atoms with Crippen LogP contribution < -0.4 is 5.32 Å². The molecule has 0 radical (unpaired) electrons. The summed E-state index contributed by atoms with van der Waals surface area (Å²) in [7, 11) is 0. The van der Waals surface area contributed by atoms with Crippen LogP contribution in [0.2, 0.25) is 0 Å². The molecule has 3 nitrogen and oxygen atoms in total. The highest BCUT2D eigenvalue weighted by Gasteiger charge is 2.24. The molecule has 18 heavy (non-hydrogen) atoms. The summed E-state index contributed by atoms with van der Waals surface area (Å²) in [5.74, 6) is -0.503. The summed E-state index contributed by atoms with van der Waals surface area (Å²) >= 11 is 0. The van der Waals surface area contributed by atoms with Crippen molar-refractivity contribution in [3.05, 3.63) is 35.1 Å². The van der Waals surface area contributed by atoms with Gasteiger partial charge in [-0.05, 0) is 38.0 Å². The summed E-state index contributed by atoms with van der Waals surface area (Å²) in [5.41, 5.74) is 0.911. The van der Waals surface area contributed by atoms with Crippen molar-refractivity contribution in [2.45, 2.75) is 26.4 Å². The molecule has 0 aromatic heterocycles. The molecule has 0 spiro atoms. The Morgan fingerprint density at radius 2 is 2.33 bits per heavy atom. The average Bonchev–Trinajstić information content (AvgIpc) is 2.72. The molecule has 1 saturated heterocycles. The Bertz CT molecular complexity index is 447. The molecule has 1 heterocycles. The van der Waals surface area contributed by atoms with E-state index in [2.05, 4.69) is 5.32 Å². The molecule has 0 bridgehead atoms. The first-order valence-corrected chi connectivity index (χ1v) is 6.24. The summed E-state index contributed by atoms with van der Waals surface area (Å²) in [6, 6.07) is 4.63. The van der Waals surface area contributed by atoms with E-state index in [0.29, 0.717) is 12.5 Å². The molecule has 0 aliphatic carbocycles. The van der Waals surface area contributed by atoms with E-state index in [1.54, 1.807) is 13.0 Å². The summed E-state index contributed by atoms with van der Waals surface area (Å²) < 4.78 is 19.0. The third kappa shape index (κ3) is 2.88. The maximum atomic E-state index is 13.6. The Balaban J connectivity index is 1.95. The predicted molar refractivity (Wildman–Crippen MR) is 67.0 cm³/mol. The molecule has 2 unspecified atom stereocenters. The van der Waals surface area contributed by atoms with Crippen molar-refractivity contribution in [2.75, 3.05) is 13.2 Å². The fourth-order valence-electron chi connectivity index (χ4n) is 2.17. The fraction of sp³-hybridized carbons (Fsp3) is 0.500. The molecule has 1 aliphatic heterocycles. The maximum Gasteiger partial charge on any atom is 0.254 e. The maximum absolute atomic E-state index is 13.6. The van der Waals surface area contributed by atoms with Crippen molar-refractivity contribution < 1.29 is 13.9 Å². The van der Waals surface area contributed by atoms with Gasteiger partial charge in [0, 0.05) is 19.1 Å². The third-order valence-electron chi connectivity index (χ3n) is 3.43. The zero-order valence-electron chi connectivity index (χ0n) is 10.7. The predicted octanol–water partition coefficient (Wildman–Crippen LogP) is 2.29. The van der Waals surface area contributed by atoms with Crippen LogP contribution in [-0.2, 0) is 4.74 Å². The number of ether oxygens (including phenoxy) is 1. The Kier molecular flexibility index (Phi) is 3.97. The van der Waals surface area contributed by atoms with Crippen LogP contribution in [0.25, 0.3) is 0 Å². The second kappa shape index (κ2) is 5.48. The van der Waals surface area contributed by atoms with Gasteiger partial charge in [-0.2, -0.15) is 0 Å². The number of nitrogens with one attached hydrogen (secondary N) is 1. The van der Waals surface area contributed by atoms with Gasteiger partial charge < -0.3 is 10.1 Å². The lowest BCUT2D eigenvalue weighted by Crippen LogP contribution is -2.32. The van der Waals surface area contributed by atoms with Gasteiger partial charge >= 0.3 is 0 Å². The number of rotatable bonds is 3. The van der Waals surface area contributed by atoms with Crippen molar-refractivity contribution in [1.29, 1.82) is 0 Å². The average molecular weight is 251 g/mol. The van der Waals surface area contributed by atoms with Crippen LogP contribution in [-0.4, -0.2) is 25.2 Å². The molecule has 1 aromatic rings. The lowest BCUT2D eigenvalue weighted by atomic mass is 10.0. The zero-order chi connectivity index (χ0) is 13.1. The number of aryl methyl sites for hydroxylation is 1. The largest absolute Gasteiger partial charge is 0.378 e. The van der Waals surface area contributed by atoms with Gasteiger partial charge in [-0.15, -0.1) is 0 Å². The van der Waals surface area contributed by atoms with Crippen LogP contribution in [0.15, 0.2) is 18.2 Å². The lowest BCUT2D eigenvalue weighted by molar-refractivity contribution is 0.0904. The molecular formula is C14H18FNO2. The van der Waals surface area contributed by atoms with Crippen LogP contribution in [0.4, 0.5) is 4.39 Å². The van der Waals surface area contributed by atoms with Gasteiger partial charge in [0.15, 0.2) is 0 Å². The van der Waals surface area contributed by atoms with Crippen LogP contribution >= 0.6 is 0 Å². The van der Waals surface area contributed by atoms with Gasteiger partial charge in [-0.1, -0.05) is 6.07 Å². The minimum atomic E-state index is -0.469. The molecule has 1 aliphatic rings. The molecule has 0 saturated carbocycles. The second-order valence-electron chi connectivity index (χ2n) is 4.82. The van der Waals surface area contributed by atoms with E-state index in [1.807, 2.05) is 6.92 Å². The number of hydrogen-bond donors (Lipinski definition) is 1. The summed E-state index contributed by atoms with van der Waals surface area (Å²) in [4.78, 5) is 11.8. The fourth-order valence-corrected chi connectivity index (χ4v) is 2.17. The van der Waals surface area contributed by atoms with Gasteiger partial charge in [0.05, 0.1) is 11.7 Å². The summed E-state index contributed by atoms with van der Waals surface area (Å²) in [6.45, 7) is 5.06. The molecule has 4 heteroatoms. The molecule has 2 atom stereocenters. The SMILES string of the molecule is Cc1ccc(C(=O)NCC2CCOC2C)c(F)c1. The highest BCUT2D eigenvalue weighted by atomic mass is 19.1. The van der Waals surface area contributed by atoms with Gasteiger partial charge in [0.1, 0.15) is 5.82 Å². The van der Waals surface area contributed by atoms with Crippen molar-refractivity contribution in [2.24, 2.45) is 5.92 Å². The monoisotopic (exact) mass is 251 g/mol. The van der Waals surface area contributed by atoms with E-state index in [4.69, 9.17) is 4.74 Å². The van der Waals surface area contributed by atoms with Gasteiger partial charge in [-0.3, -0.25) is 4.79 Å². The first-order chi connectivity index (χ1) is 8.58. The highest BCUT2D eigenvalue weighted by molar-refractivity contribution is 5.94. The summed E-state index contributed by atoms with van der Waals surface area (Å²) in [6.07, 6.45) is 1.10. The standard InChI is InChI=1S/C14H18FNO2/c1-9-3-4-12(13(15)7-9)14(17)16-8-11-5-6-18-10(11)2/h3-4,7,10-11H,5-6,8H2,1-2H3,(H,16,17). The first-order valence-electron chi connectivity index (χ1n) is 6.24. The molecule has 98 valence electrons. The van der Waals surface area contributed by atoms with Crippen LogP contribution in [0.5, 0.6) is 0 Å². The summed E-state index contributed by atoms with van der Waals surface area (Å²) in [5, 5.41) is 2.77. The van der Waals surface area contributed by atoms with Crippen LogP contribution in [0, 0.1) is 18.7 Å². The number of halogens is 1. The quantitative estimate of drug-likeness (QED) is 0.895. The van der Waals surface area contributed by atoms with Gasteiger partial charge in [0.2, 0.25) is 0 Å². The van der Waals surface area contributed by atoms with Crippen molar-refractivity contribution in [3.63, 3.8) is 0 Å². The number of benzene rings is 1. The van der Waals surface area contributed by atoms with Crippen LogP contribution in [0.1, 0.15) is 29.3 Å². The van der Waals surface area contributed by atoms with E-state index in [-0.39, 0.29) is 17.6 Å². The van der Waals surface area contributed by atoms with E-state index < -0.39 is 5.82 Å². The number of carbonyl (C=O) groups is 1. The molecule has 1 N–H and O–H groups in total. The van der Waals surface area contributed by atoms with Crippen molar-refractivity contribution in [1.82, 2.24) is 5.32 Å². The first kappa shape index (κ1) is 13.0. The Labute approximate surface area is 106 Å². The van der Waals surface area contributed by atoms with E-state index in [0.717, 1.165) is 18.6 Å². The number of carbonyl (C=O) groups excluding carboxylic acids is 1. The molecule has 1 aromatic carbocycles. The Morgan fingerprint density at radius 1 is 1.56 bits per heavy atom. The highest BCUT2D eigenvalue weighted by Crippen LogP contribution is 2.19. The second-order valence-corrected chi connectivity index (χ2v) is 4.82. The molecule has 1 fully saturated rings. The van der Waals surface area contributed by atoms with Gasteiger partial charge in [0.25, 0.3) is 5.91 Å².